The first-order chi connectivity index (χ1) is 6.74. The molecule has 2 aromatic heterocycles. The van der Waals surface area contributed by atoms with Gasteiger partial charge in [0.25, 0.3) is 0 Å². The van der Waals surface area contributed by atoms with Gasteiger partial charge in [-0.25, -0.2) is 4.98 Å². The van der Waals surface area contributed by atoms with Crippen LogP contribution < -0.4 is 5.73 Å². The largest absolute Gasteiger partial charge is 0.397 e. The number of aromatic nitrogens is 2. The Hall–Kier alpha value is -1.36. The van der Waals surface area contributed by atoms with Crippen LogP contribution in [0.5, 0.6) is 0 Å². The van der Waals surface area contributed by atoms with E-state index in [4.69, 9.17) is 5.73 Å². The van der Waals surface area contributed by atoms with Gasteiger partial charge in [0.2, 0.25) is 0 Å². The van der Waals surface area contributed by atoms with Gasteiger partial charge in [-0.05, 0) is 28.1 Å². The Balaban J connectivity index is 2.77. The van der Waals surface area contributed by atoms with Crippen molar-refractivity contribution in [3.63, 3.8) is 0 Å². The van der Waals surface area contributed by atoms with Crippen LogP contribution in [0.3, 0.4) is 0 Å². The molecule has 0 fully saturated rings. The highest BCUT2D eigenvalue weighted by molar-refractivity contribution is 9.10. The topological polar surface area (TPSA) is 60.4 Å². The molecule has 0 aliphatic rings. The van der Waals surface area contributed by atoms with Gasteiger partial charge in [0.1, 0.15) is 22.2 Å². The van der Waals surface area contributed by atoms with Crippen molar-refractivity contribution in [2.75, 3.05) is 5.73 Å². The fourth-order valence-electron chi connectivity index (χ4n) is 1.40. The van der Waals surface area contributed by atoms with Crippen LogP contribution in [-0.4, -0.2) is 15.7 Å². The third-order valence-electron chi connectivity index (χ3n) is 1.99. The molecule has 0 spiro atoms. The molecule has 2 rings (SSSR count). The van der Waals surface area contributed by atoms with E-state index in [-0.39, 0.29) is 6.42 Å². The summed E-state index contributed by atoms with van der Waals surface area (Å²) in [5.74, 6) is 0.689. The second-order valence-corrected chi connectivity index (χ2v) is 3.62. The third kappa shape index (κ3) is 1.29. The van der Waals surface area contributed by atoms with E-state index in [1.54, 1.807) is 6.07 Å². The van der Waals surface area contributed by atoms with Crippen molar-refractivity contribution in [1.29, 1.82) is 0 Å². The van der Waals surface area contributed by atoms with Crippen LogP contribution in [0, 0.1) is 0 Å². The number of aldehydes is 1. The van der Waals surface area contributed by atoms with E-state index in [0.717, 1.165) is 11.8 Å². The number of carbonyl (C=O) groups excluding carboxylic acids is 1. The molecular formula is C9H8BrN3O. The molecule has 0 radical (unpaired) electrons. The predicted molar refractivity (Wildman–Crippen MR) is 57.1 cm³/mol. The fraction of sp³-hybridized carbons (Fsp3) is 0.111. The highest BCUT2D eigenvalue weighted by Gasteiger charge is 2.09. The summed E-state index contributed by atoms with van der Waals surface area (Å²) in [7, 11) is 0. The highest BCUT2D eigenvalue weighted by atomic mass is 79.9. The minimum absolute atomic E-state index is 0.288. The van der Waals surface area contributed by atoms with E-state index in [1.165, 1.54) is 0 Å². The quantitative estimate of drug-likeness (QED) is 0.824. The van der Waals surface area contributed by atoms with Gasteiger partial charge in [0.05, 0.1) is 12.1 Å². The van der Waals surface area contributed by atoms with Crippen LogP contribution in [-0.2, 0) is 11.2 Å². The number of carbonyl (C=O) groups is 1. The predicted octanol–water partition coefficient (Wildman–Crippen LogP) is 1.42. The number of hydrogen-bond acceptors (Lipinski definition) is 3. The number of fused-ring (bicyclic) bond motifs is 1. The van der Waals surface area contributed by atoms with Crippen molar-refractivity contribution in [3.8, 4) is 0 Å². The van der Waals surface area contributed by atoms with Crippen LogP contribution >= 0.6 is 15.9 Å². The van der Waals surface area contributed by atoms with Gasteiger partial charge in [-0.1, -0.05) is 0 Å². The molecule has 0 aliphatic carbocycles. The number of anilines is 1. The van der Waals surface area contributed by atoms with E-state index >= 15 is 0 Å². The molecule has 4 nitrogen and oxygen atoms in total. The molecule has 0 bridgehead atoms. The maximum Gasteiger partial charge on any atom is 0.134 e. The van der Waals surface area contributed by atoms with Crippen molar-refractivity contribution in [2.24, 2.45) is 0 Å². The van der Waals surface area contributed by atoms with Gasteiger partial charge < -0.3 is 14.9 Å². The molecule has 0 amide bonds. The zero-order chi connectivity index (χ0) is 10.1. The lowest BCUT2D eigenvalue weighted by atomic mass is 10.3. The summed E-state index contributed by atoms with van der Waals surface area (Å²) in [5, 5.41) is 0. The van der Waals surface area contributed by atoms with Crippen LogP contribution in [0.15, 0.2) is 22.9 Å². The lowest BCUT2D eigenvalue weighted by Gasteiger charge is -1.99. The van der Waals surface area contributed by atoms with Crippen LogP contribution in [0.2, 0.25) is 0 Å². The molecular weight excluding hydrogens is 246 g/mol. The lowest BCUT2D eigenvalue weighted by Crippen LogP contribution is -1.96. The summed E-state index contributed by atoms with van der Waals surface area (Å²) in [5.41, 5.74) is 7.24. The zero-order valence-corrected chi connectivity index (χ0v) is 8.86. The zero-order valence-electron chi connectivity index (χ0n) is 7.27. The second kappa shape index (κ2) is 3.42. The van der Waals surface area contributed by atoms with Gasteiger partial charge in [0, 0.05) is 6.20 Å². The number of imidazole rings is 1. The van der Waals surface area contributed by atoms with Gasteiger partial charge in [-0.3, -0.25) is 0 Å². The Morgan fingerprint density at radius 2 is 2.43 bits per heavy atom. The van der Waals surface area contributed by atoms with Crippen molar-refractivity contribution >= 4 is 33.4 Å². The Morgan fingerprint density at radius 3 is 3.14 bits per heavy atom. The summed E-state index contributed by atoms with van der Waals surface area (Å²) in [6.07, 6.45) is 2.95. The summed E-state index contributed by atoms with van der Waals surface area (Å²) in [6, 6.07) is 3.62. The summed E-state index contributed by atoms with van der Waals surface area (Å²) >= 11 is 3.31. The molecule has 2 heterocycles. The molecule has 0 saturated heterocycles. The second-order valence-electron chi connectivity index (χ2n) is 2.87. The van der Waals surface area contributed by atoms with Gasteiger partial charge >= 0.3 is 0 Å². The molecule has 5 heteroatoms. The molecule has 2 N–H and O–H groups in total. The average molecular weight is 254 g/mol. The van der Waals surface area contributed by atoms with Gasteiger partial charge in [0.15, 0.2) is 0 Å². The van der Waals surface area contributed by atoms with Crippen LogP contribution in [0.4, 0.5) is 5.69 Å². The molecule has 14 heavy (non-hydrogen) atoms. The summed E-state index contributed by atoms with van der Waals surface area (Å²) < 4.78 is 2.49. The first kappa shape index (κ1) is 9.21. The Kier molecular flexibility index (Phi) is 2.25. The van der Waals surface area contributed by atoms with Crippen LogP contribution in [0.1, 0.15) is 5.82 Å². The Labute approximate surface area is 88.9 Å². The average Bonchev–Trinajstić information content (AvgIpc) is 2.46. The first-order valence-electron chi connectivity index (χ1n) is 4.08. The minimum Gasteiger partial charge on any atom is -0.397 e. The standard InChI is InChI=1S/C9H8BrN3O/c10-9-8-6(11)2-1-4-13(8)7(12-9)3-5-14/h1-2,4-5H,3,11H2. The SMILES string of the molecule is Nc1cccn2c(CC=O)nc(Br)c12. The van der Waals surface area contributed by atoms with E-state index in [0.29, 0.717) is 16.1 Å². The summed E-state index contributed by atoms with van der Waals surface area (Å²) in [6.45, 7) is 0. The number of hydrogen-bond donors (Lipinski definition) is 1. The third-order valence-corrected chi connectivity index (χ3v) is 2.54. The first-order valence-corrected chi connectivity index (χ1v) is 4.88. The molecule has 0 unspecified atom stereocenters. The number of halogens is 1. The maximum absolute atomic E-state index is 10.4. The number of pyridine rings is 1. The van der Waals surface area contributed by atoms with E-state index in [2.05, 4.69) is 20.9 Å². The number of nitrogens with zero attached hydrogens (tertiary/aromatic N) is 2. The number of nitrogens with two attached hydrogens (primary N) is 1. The fourth-order valence-corrected chi connectivity index (χ4v) is 2.02. The van der Waals surface area contributed by atoms with E-state index < -0.39 is 0 Å². The van der Waals surface area contributed by atoms with E-state index in [9.17, 15) is 4.79 Å². The Bertz CT molecular complexity index is 492. The van der Waals surface area contributed by atoms with Crippen molar-refractivity contribution in [2.45, 2.75) is 6.42 Å². The minimum atomic E-state index is 0.288. The van der Waals surface area contributed by atoms with Crippen molar-refractivity contribution in [1.82, 2.24) is 9.38 Å². The monoisotopic (exact) mass is 253 g/mol. The Morgan fingerprint density at radius 1 is 1.64 bits per heavy atom. The molecule has 0 saturated carbocycles. The maximum atomic E-state index is 10.4. The van der Waals surface area contributed by atoms with Crippen molar-refractivity contribution in [3.05, 3.63) is 28.8 Å². The highest BCUT2D eigenvalue weighted by Crippen LogP contribution is 2.24. The summed E-state index contributed by atoms with van der Waals surface area (Å²) in [4.78, 5) is 14.6. The smallest absolute Gasteiger partial charge is 0.134 e. The van der Waals surface area contributed by atoms with E-state index in [1.807, 2.05) is 16.7 Å². The molecule has 0 atom stereocenters. The molecule has 0 aromatic carbocycles. The normalized spacial score (nSPS) is 10.6. The van der Waals surface area contributed by atoms with Gasteiger partial charge in [-0.2, -0.15) is 0 Å². The molecule has 72 valence electrons. The van der Waals surface area contributed by atoms with Crippen LogP contribution in [0.25, 0.3) is 5.52 Å². The number of rotatable bonds is 2. The lowest BCUT2D eigenvalue weighted by molar-refractivity contribution is -0.107. The molecule has 0 aliphatic heterocycles. The molecule has 2 aromatic rings. The van der Waals surface area contributed by atoms with Crippen molar-refractivity contribution < 1.29 is 4.79 Å². The number of nitrogen functional groups attached to an aromatic ring is 1. The van der Waals surface area contributed by atoms with Gasteiger partial charge in [-0.15, -0.1) is 0 Å².